The monoisotopic (exact) mass is 336 g/mol. The average Bonchev–Trinajstić information content (AvgIpc) is 2.92. The van der Waals surface area contributed by atoms with Crippen molar-refractivity contribution in [2.45, 2.75) is 33.7 Å². The van der Waals surface area contributed by atoms with Gasteiger partial charge in [0.2, 0.25) is 0 Å². The van der Waals surface area contributed by atoms with Crippen LogP contribution in [0.25, 0.3) is 20.4 Å². The van der Waals surface area contributed by atoms with Gasteiger partial charge in [-0.1, -0.05) is 12.2 Å². The lowest BCUT2D eigenvalue weighted by Crippen LogP contribution is -2.07. The topological polar surface area (TPSA) is 51.0 Å². The normalized spacial score (nSPS) is 13.7. The first-order chi connectivity index (χ1) is 11.6. The summed E-state index contributed by atoms with van der Waals surface area (Å²) in [6.45, 7) is 8.17. The van der Waals surface area contributed by atoms with Crippen LogP contribution in [0.3, 0.4) is 0 Å². The minimum Gasteiger partial charge on any atom is -0.279 e. The smallest absolute Gasteiger partial charge is 0.178 e. The summed E-state index contributed by atoms with van der Waals surface area (Å²) in [5, 5.41) is 1.07. The molecule has 0 spiro atoms. The van der Waals surface area contributed by atoms with Crippen LogP contribution in [0.1, 0.15) is 33.5 Å². The van der Waals surface area contributed by atoms with E-state index in [0.29, 0.717) is 5.82 Å². The molecular formula is C19H20N4S. The Morgan fingerprint density at radius 2 is 2.12 bits per heavy atom. The second-order valence-corrected chi connectivity index (χ2v) is 6.89. The highest BCUT2D eigenvalue weighted by Gasteiger charge is 2.12. The zero-order chi connectivity index (χ0) is 17.1. The molecule has 0 aliphatic carbocycles. The molecule has 122 valence electrons. The van der Waals surface area contributed by atoms with Crippen LogP contribution >= 0.6 is 11.3 Å². The van der Waals surface area contributed by atoms with Gasteiger partial charge in [0.15, 0.2) is 5.82 Å². The number of hydrogen-bond acceptors (Lipinski definition) is 5. The molecule has 0 saturated heterocycles. The summed E-state index contributed by atoms with van der Waals surface area (Å²) in [5.41, 5.74) is 2.88. The van der Waals surface area contributed by atoms with Crippen LogP contribution in [0.15, 0.2) is 53.3 Å². The Morgan fingerprint density at radius 3 is 2.88 bits per heavy atom. The van der Waals surface area contributed by atoms with E-state index < -0.39 is 0 Å². The molecule has 3 heterocycles. The van der Waals surface area contributed by atoms with Gasteiger partial charge in [-0.3, -0.25) is 4.99 Å². The number of hydrogen-bond donors (Lipinski definition) is 0. The molecule has 3 aromatic rings. The summed E-state index contributed by atoms with van der Waals surface area (Å²) in [5.74, 6) is 0.656. The molecule has 0 aliphatic rings. The van der Waals surface area contributed by atoms with Crippen LogP contribution in [-0.2, 0) is 0 Å². The Labute approximate surface area is 145 Å². The van der Waals surface area contributed by atoms with Crippen molar-refractivity contribution in [1.29, 1.82) is 0 Å². The number of allylic oxidation sites excluding steroid dienone is 4. The third kappa shape index (κ3) is 3.41. The van der Waals surface area contributed by atoms with E-state index in [-0.39, 0.29) is 6.04 Å². The van der Waals surface area contributed by atoms with Crippen LogP contribution < -0.4 is 0 Å². The minimum absolute atomic E-state index is 0.176. The van der Waals surface area contributed by atoms with E-state index in [1.54, 1.807) is 17.5 Å². The lowest BCUT2D eigenvalue weighted by molar-refractivity contribution is 0.835. The molecule has 4 nitrogen and oxygen atoms in total. The molecule has 0 saturated carbocycles. The van der Waals surface area contributed by atoms with Crippen LogP contribution in [0, 0.1) is 0 Å². The van der Waals surface area contributed by atoms with Gasteiger partial charge in [-0.25, -0.2) is 15.0 Å². The van der Waals surface area contributed by atoms with Crippen molar-refractivity contribution in [2.75, 3.05) is 0 Å². The lowest BCUT2D eigenvalue weighted by Gasteiger charge is -2.05. The second-order valence-electron chi connectivity index (χ2n) is 5.86. The van der Waals surface area contributed by atoms with Crippen molar-refractivity contribution in [1.82, 2.24) is 15.0 Å². The first kappa shape index (κ1) is 16.5. The molecule has 0 fully saturated rings. The van der Waals surface area contributed by atoms with Crippen LogP contribution in [0.2, 0.25) is 0 Å². The molecule has 0 aliphatic heterocycles. The summed E-state index contributed by atoms with van der Waals surface area (Å²) < 4.78 is 1.05. The van der Waals surface area contributed by atoms with E-state index in [2.05, 4.69) is 42.9 Å². The van der Waals surface area contributed by atoms with Gasteiger partial charge in [-0.2, -0.15) is 0 Å². The van der Waals surface area contributed by atoms with Gasteiger partial charge >= 0.3 is 0 Å². The van der Waals surface area contributed by atoms with Gasteiger partial charge in [0, 0.05) is 23.8 Å². The lowest BCUT2D eigenvalue weighted by atomic mass is 10.2. The van der Waals surface area contributed by atoms with Gasteiger partial charge < -0.3 is 0 Å². The molecule has 0 atom stereocenters. The van der Waals surface area contributed by atoms with E-state index in [0.717, 1.165) is 31.7 Å². The molecular weight excluding hydrogens is 316 g/mol. The Morgan fingerprint density at radius 1 is 1.29 bits per heavy atom. The summed E-state index contributed by atoms with van der Waals surface area (Å²) >= 11 is 1.62. The maximum atomic E-state index is 4.79. The highest BCUT2D eigenvalue weighted by Crippen LogP contribution is 2.30. The van der Waals surface area contributed by atoms with Crippen molar-refractivity contribution < 1.29 is 0 Å². The molecule has 3 aromatic heterocycles. The second kappa shape index (κ2) is 7.01. The molecule has 0 amide bonds. The van der Waals surface area contributed by atoms with E-state index >= 15 is 0 Å². The molecule has 24 heavy (non-hydrogen) atoms. The SMILES string of the molecule is C\C=C/C(C)=C/C(=N\C(C)C)c1ncc2sc3ncccc3c2n1. The Kier molecular flexibility index (Phi) is 4.81. The standard InChI is InChI=1S/C19H20N4S/c1-5-7-13(4)10-15(22-12(2)3)18-21-11-16-17(23-18)14-8-6-9-20-19(14)24-16/h5-12H,1-4H3/b7-5-,13-10+,22-15+. The van der Waals surface area contributed by atoms with Gasteiger partial charge in [-0.05, 0) is 51.5 Å². The number of thiophene rings is 1. The number of fused-ring (bicyclic) bond motifs is 3. The Bertz CT molecular complexity index is 964. The summed E-state index contributed by atoms with van der Waals surface area (Å²) in [6.07, 6.45) is 9.78. The fourth-order valence-corrected chi connectivity index (χ4v) is 3.44. The molecule has 0 bridgehead atoms. The maximum absolute atomic E-state index is 4.79. The van der Waals surface area contributed by atoms with E-state index in [9.17, 15) is 0 Å². The quantitative estimate of drug-likeness (QED) is 0.500. The fraction of sp³-hybridized carbons (Fsp3) is 0.263. The van der Waals surface area contributed by atoms with Gasteiger partial charge in [0.05, 0.1) is 10.2 Å². The zero-order valence-electron chi connectivity index (χ0n) is 14.3. The molecule has 0 radical (unpaired) electrons. The predicted molar refractivity (Wildman–Crippen MR) is 103 cm³/mol. The average molecular weight is 336 g/mol. The van der Waals surface area contributed by atoms with Gasteiger partial charge in [0.1, 0.15) is 10.5 Å². The highest BCUT2D eigenvalue weighted by atomic mass is 32.1. The molecule has 5 heteroatoms. The largest absolute Gasteiger partial charge is 0.279 e. The third-order valence-corrected chi connectivity index (χ3v) is 4.45. The maximum Gasteiger partial charge on any atom is 0.178 e. The first-order valence-corrected chi connectivity index (χ1v) is 8.79. The van der Waals surface area contributed by atoms with Gasteiger partial charge in [-0.15, -0.1) is 11.3 Å². The molecule has 3 rings (SSSR count). The summed E-state index contributed by atoms with van der Waals surface area (Å²) in [4.78, 5) is 19.4. The summed E-state index contributed by atoms with van der Waals surface area (Å²) in [6, 6.07) is 4.17. The first-order valence-electron chi connectivity index (χ1n) is 7.98. The highest BCUT2D eigenvalue weighted by molar-refractivity contribution is 7.25. The van der Waals surface area contributed by atoms with Crippen molar-refractivity contribution in [3.63, 3.8) is 0 Å². The number of aromatic nitrogens is 3. The predicted octanol–water partition coefficient (Wildman–Crippen LogP) is 4.96. The van der Waals surface area contributed by atoms with Crippen LogP contribution in [0.4, 0.5) is 0 Å². The van der Waals surface area contributed by atoms with E-state index in [1.165, 1.54) is 0 Å². The minimum atomic E-state index is 0.176. The Balaban J connectivity index is 2.17. The molecule has 0 N–H and O–H groups in total. The van der Waals surface area contributed by atoms with Crippen molar-refractivity contribution in [3.05, 3.63) is 54.2 Å². The number of pyridine rings is 1. The third-order valence-electron chi connectivity index (χ3n) is 3.41. The fourth-order valence-electron chi connectivity index (χ4n) is 2.48. The van der Waals surface area contributed by atoms with E-state index in [1.807, 2.05) is 31.3 Å². The van der Waals surface area contributed by atoms with Crippen LogP contribution in [0.5, 0.6) is 0 Å². The van der Waals surface area contributed by atoms with Gasteiger partial charge in [0.25, 0.3) is 0 Å². The summed E-state index contributed by atoms with van der Waals surface area (Å²) in [7, 11) is 0. The van der Waals surface area contributed by atoms with Crippen molar-refractivity contribution in [2.24, 2.45) is 4.99 Å². The number of aliphatic imine (C=N–C) groups is 1. The number of rotatable bonds is 4. The Hall–Kier alpha value is -2.40. The van der Waals surface area contributed by atoms with Crippen molar-refractivity contribution in [3.8, 4) is 0 Å². The zero-order valence-corrected chi connectivity index (χ0v) is 15.1. The molecule has 0 aromatic carbocycles. The molecule has 0 unspecified atom stereocenters. The number of nitrogens with zero attached hydrogens (tertiary/aromatic N) is 4. The van der Waals surface area contributed by atoms with Crippen molar-refractivity contribution >= 4 is 37.5 Å². The van der Waals surface area contributed by atoms with E-state index in [4.69, 9.17) is 9.98 Å². The van der Waals surface area contributed by atoms with Crippen LogP contribution in [-0.4, -0.2) is 26.7 Å².